The van der Waals surface area contributed by atoms with Crippen LogP contribution in [0.25, 0.3) is 0 Å². The van der Waals surface area contributed by atoms with E-state index < -0.39 is 0 Å². The van der Waals surface area contributed by atoms with Crippen LogP contribution in [0.5, 0.6) is 0 Å². The first-order chi connectivity index (χ1) is 4.95. The van der Waals surface area contributed by atoms with Crippen LogP contribution in [-0.2, 0) is 0 Å². The standard InChI is InChI=1S/C9H16N/c1-2-8(1)5-6-10-7-9-3-4-9/h8-9H,1-7H2. The highest BCUT2D eigenvalue weighted by Crippen LogP contribution is 2.32. The lowest BCUT2D eigenvalue weighted by atomic mass is 10.3. The Morgan fingerprint density at radius 1 is 1.00 bits per heavy atom. The van der Waals surface area contributed by atoms with Gasteiger partial charge in [0.25, 0.3) is 0 Å². The molecule has 0 atom stereocenters. The van der Waals surface area contributed by atoms with E-state index in [1.54, 1.807) is 0 Å². The fourth-order valence-corrected chi connectivity index (χ4v) is 1.25. The molecule has 0 bridgehead atoms. The van der Waals surface area contributed by atoms with Crippen molar-refractivity contribution in [1.82, 2.24) is 5.32 Å². The Kier molecular flexibility index (Phi) is 1.94. The minimum Gasteiger partial charge on any atom is -0.241 e. The summed E-state index contributed by atoms with van der Waals surface area (Å²) in [6.45, 7) is 2.33. The predicted molar refractivity (Wildman–Crippen MR) is 41.9 cm³/mol. The topological polar surface area (TPSA) is 14.1 Å². The van der Waals surface area contributed by atoms with Crippen molar-refractivity contribution in [3.63, 3.8) is 0 Å². The van der Waals surface area contributed by atoms with Gasteiger partial charge in [0.15, 0.2) is 0 Å². The quantitative estimate of drug-likeness (QED) is 0.514. The van der Waals surface area contributed by atoms with Gasteiger partial charge in [0.2, 0.25) is 0 Å². The molecule has 57 valence electrons. The highest BCUT2D eigenvalue weighted by molar-refractivity contribution is 4.77. The van der Waals surface area contributed by atoms with E-state index in [2.05, 4.69) is 5.32 Å². The molecule has 2 saturated carbocycles. The van der Waals surface area contributed by atoms with Crippen LogP contribution in [0.2, 0.25) is 0 Å². The van der Waals surface area contributed by atoms with Gasteiger partial charge in [0.05, 0.1) is 0 Å². The molecule has 0 aliphatic heterocycles. The Bertz CT molecular complexity index is 89.3. The first kappa shape index (κ1) is 6.66. The second-order valence-electron chi connectivity index (χ2n) is 3.81. The molecular weight excluding hydrogens is 122 g/mol. The van der Waals surface area contributed by atoms with Crippen molar-refractivity contribution in [2.45, 2.75) is 32.1 Å². The van der Waals surface area contributed by atoms with Gasteiger partial charge in [-0.15, -0.1) is 0 Å². The average molecular weight is 138 g/mol. The largest absolute Gasteiger partial charge is 0.241 e. The zero-order valence-electron chi connectivity index (χ0n) is 6.55. The number of rotatable bonds is 5. The monoisotopic (exact) mass is 138 g/mol. The summed E-state index contributed by atoms with van der Waals surface area (Å²) in [5.41, 5.74) is 0. The van der Waals surface area contributed by atoms with E-state index in [0.29, 0.717) is 0 Å². The predicted octanol–water partition coefficient (Wildman–Crippen LogP) is 1.80. The molecule has 10 heavy (non-hydrogen) atoms. The molecule has 1 nitrogen and oxygen atoms in total. The second-order valence-corrected chi connectivity index (χ2v) is 3.81. The zero-order chi connectivity index (χ0) is 6.81. The summed E-state index contributed by atoms with van der Waals surface area (Å²) in [4.78, 5) is 0. The van der Waals surface area contributed by atoms with Gasteiger partial charge < -0.3 is 0 Å². The first-order valence-electron chi connectivity index (χ1n) is 4.58. The highest BCUT2D eigenvalue weighted by Gasteiger charge is 2.23. The van der Waals surface area contributed by atoms with Gasteiger partial charge in [-0.25, -0.2) is 5.32 Å². The van der Waals surface area contributed by atoms with Gasteiger partial charge in [0.1, 0.15) is 0 Å². The molecule has 0 amide bonds. The van der Waals surface area contributed by atoms with Gasteiger partial charge in [-0.3, -0.25) is 0 Å². The molecule has 0 aromatic heterocycles. The summed E-state index contributed by atoms with van der Waals surface area (Å²) in [6, 6.07) is 0. The van der Waals surface area contributed by atoms with Crippen LogP contribution in [0, 0.1) is 11.8 Å². The molecule has 0 N–H and O–H groups in total. The summed E-state index contributed by atoms with van der Waals surface area (Å²) in [7, 11) is 0. The number of hydrogen-bond donors (Lipinski definition) is 0. The molecule has 0 aromatic carbocycles. The summed E-state index contributed by atoms with van der Waals surface area (Å²) >= 11 is 0. The molecule has 0 unspecified atom stereocenters. The molecule has 0 heterocycles. The third-order valence-electron chi connectivity index (χ3n) is 2.48. The molecule has 1 heteroatoms. The van der Waals surface area contributed by atoms with Gasteiger partial charge >= 0.3 is 0 Å². The number of nitrogens with zero attached hydrogens (tertiary/aromatic N) is 1. The van der Waals surface area contributed by atoms with E-state index in [1.807, 2.05) is 0 Å². The van der Waals surface area contributed by atoms with Crippen LogP contribution >= 0.6 is 0 Å². The fraction of sp³-hybridized carbons (Fsp3) is 1.00. The minimum absolute atomic E-state index is 0.999. The van der Waals surface area contributed by atoms with E-state index in [4.69, 9.17) is 0 Å². The van der Waals surface area contributed by atoms with Crippen LogP contribution < -0.4 is 5.32 Å². The van der Waals surface area contributed by atoms with Crippen LogP contribution in [0.15, 0.2) is 0 Å². The second kappa shape index (κ2) is 2.91. The van der Waals surface area contributed by atoms with Gasteiger partial charge in [-0.1, -0.05) is 12.8 Å². The Labute approximate surface area is 63.2 Å². The Morgan fingerprint density at radius 3 is 2.30 bits per heavy atom. The van der Waals surface area contributed by atoms with E-state index in [9.17, 15) is 0 Å². The van der Waals surface area contributed by atoms with E-state index in [0.717, 1.165) is 18.4 Å². The molecule has 2 rings (SSSR count). The van der Waals surface area contributed by atoms with Crippen LogP contribution in [0.1, 0.15) is 32.1 Å². The summed E-state index contributed by atoms with van der Waals surface area (Å²) < 4.78 is 0. The maximum atomic E-state index is 4.51. The fourth-order valence-electron chi connectivity index (χ4n) is 1.25. The summed E-state index contributed by atoms with van der Waals surface area (Å²) in [5.74, 6) is 2.07. The maximum absolute atomic E-state index is 4.51. The van der Waals surface area contributed by atoms with Gasteiger partial charge in [-0.05, 0) is 31.1 Å². The molecule has 0 aromatic rings. The first-order valence-corrected chi connectivity index (χ1v) is 4.58. The van der Waals surface area contributed by atoms with Crippen molar-refractivity contribution in [2.24, 2.45) is 11.8 Å². The van der Waals surface area contributed by atoms with Gasteiger partial charge in [0, 0.05) is 13.1 Å². The van der Waals surface area contributed by atoms with Gasteiger partial charge in [-0.2, -0.15) is 0 Å². The Morgan fingerprint density at radius 2 is 1.70 bits per heavy atom. The molecule has 1 radical (unpaired) electrons. The minimum atomic E-state index is 0.999. The molecule has 0 spiro atoms. The average Bonchev–Trinajstić information content (AvgIpc) is 2.77. The van der Waals surface area contributed by atoms with Crippen LogP contribution in [0.3, 0.4) is 0 Å². The normalized spacial score (nSPS) is 25.2. The molecule has 2 aliphatic carbocycles. The van der Waals surface area contributed by atoms with Crippen molar-refractivity contribution in [3.05, 3.63) is 0 Å². The third kappa shape index (κ3) is 2.30. The van der Waals surface area contributed by atoms with Crippen molar-refractivity contribution < 1.29 is 0 Å². The highest BCUT2D eigenvalue weighted by atomic mass is 14.9. The molecule has 2 aliphatic rings. The van der Waals surface area contributed by atoms with E-state index >= 15 is 0 Å². The SMILES string of the molecule is C(CC1CC1)[N]CC1CC1. The zero-order valence-corrected chi connectivity index (χ0v) is 6.55. The maximum Gasteiger partial charge on any atom is 0.0161 e. The number of hydrogen-bond acceptors (Lipinski definition) is 0. The molecule has 2 fully saturated rings. The lowest BCUT2D eigenvalue weighted by molar-refractivity contribution is 0.577. The van der Waals surface area contributed by atoms with Crippen molar-refractivity contribution in [2.75, 3.05) is 13.1 Å². The molecule has 0 saturated heterocycles. The van der Waals surface area contributed by atoms with Crippen molar-refractivity contribution in [3.8, 4) is 0 Å². The summed E-state index contributed by atoms with van der Waals surface area (Å²) in [6.07, 6.45) is 7.25. The smallest absolute Gasteiger partial charge is 0.0161 e. The van der Waals surface area contributed by atoms with Crippen molar-refractivity contribution in [1.29, 1.82) is 0 Å². The van der Waals surface area contributed by atoms with E-state index in [1.165, 1.54) is 38.6 Å². The van der Waals surface area contributed by atoms with Crippen molar-refractivity contribution >= 4 is 0 Å². The lowest BCUT2D eigenvalue weighted by Crippen LogP contribution is -2.10. The van der Waals surface area contributed by atoms with E-state index in [-0.39, 0.29) is 0 Å². The van der Waals surface area contributed by atoms with Crippen LogP contribution in [0.4, 0.5) is 0 Å². The molecular formula is C9H16N. The summed E-state index contributed by atoms with van der Waals surface area (Å²) in [5, 5.41) is 4.51. The Balaban J connectivity index is 1.40. The third-order valence-corrected chi connectivity index (χ3v) is 2.48. The van der Waals surface area contributed by atoms with Crippen LogP contribution in [-0.4, -0.2) is 13.1 Å². The lowest BCUT2D eigenvalue weighted by Gasteiger charge is -1.97. The Hall–Kier alpha value is -0.0400.